The first kappa shape index (κ1) is 23.0. The van der Waals surface area contributed by atoms with Crippen LogP contribution >= 0.6 is 0 Å². The minimum atomic E-state index is -1.09. The molecule has 2 N–H and O–H groups in total. The standard InChI is InChI=1S/C34H32O2/c1-21-5-15-31-27(17-21)9-7-23(3)33(31,35)29-13-11-26-20-30(14-12-25(26)19-29)34(36)24(4)8-10-28-18-22(2)6-16-32(28)34/h5-20,23-24,35-36H,1-4H3. The number of fused-ring (bicyclic) bond motifs is 3. The van der Waals surface area contributed by atoms with Gasteiger partial charge in [-0.2, -0.15) is 0 Å². The number of rotatable bonds is 2. The average molecular weight is 473 g/mol. The molecule has 2 nitrogen and oxygen atoms in total. The van der Waals surface area contributed by atoms with Crippen molar-refractivity contribution in [3.63, 3.8) is 0 Å². The normalized spacial score (nSPS) is 26.6. The molecule has 6 rings (SSSR count). The Bertz CT molecular complexity index is 1460. The molecule has 0 radical (unpaired) electrons. The van der Waals surface area contributed by atoms with Crippen LogP contribution in [0.3, 0.4) is 0 Å². The summed E-state index contributed by atoms with van der Waals surface area (Å²) in [4.78, 5) is 0. The van der Waals surface area contributed by atoms with Crippen LogP contribution in [-0.4, -0.2) is 10.2 Å². The fraction of sp³-hybridized carbons (Fsp3) is 0.235. The van der Waals surface area contributed by atoms with Gasteiger partial charge in [0.2, 0.25) is 0 Å². The van der Waals surface area contributed by atoms with Gasteiger partial charge in [0.15, 0.2) is 0 Å². The molecular formula is C34H32O2. The van der Waals surface area contributed by atoms with Crippen molar-refractivity contribution in [3.05, 3.63) is 129 Å². The van der Waals surface area contributed by atoms with Crippen molar-refractivity contribution in [1.29, 1.82) is 0 Å². The summed E-state index contributed by atoms with van der Waals surface area (Å²) in [6, 6.07) is 25.0. The molecule has 0 aliphatic heterocycles. The number of benzene rings is 4. The van der Waals surface area contributed by atoms with Gasteiger partial charge in [-0.3, -0.25) is 0 Å². The predicted molar refractivity (Wildman–Crippen MR) is 149 cm³/mol. The summed E-state index contributed by atoms with van der Waals surface area (Å²) in [5.41, 5.74) is 5.99. The first-order chi connectivity index (χ1) is 17.2. The molecule has 180 valence electrons. The molecule has 36 heavy (non-hydrogen) atoms. The molecular weight excluding hydrogens is 440 g/mol. The summed E-state index contributed by atoms with van der Waals surface area (Å²) in [6.07, 6.45) is 8.44. The lowest BCUT2D eigenvalue weighted by atomic mass is 9.70. The van der Waals surface area contributed by atoms with Crippen LogP contribution < -0.4 is 0 Å². The Morgan fingerprint density at radius 2 is 0.972 bits per heavy atom. The van der Waals surface area contributed by atoms with Crippen molar-refractivity contribution in [2.24, 2.45) is 11.8 Å². The second-order valence-electron chi connectivity index (χ2n) is 10.8. The van der Waals surface area contributed by atoms with E-state index in [9.17, 15) is 10.2 Å². The van der Waals surface area contributed by atoms with E-state index < -0.39 is 11.2 Å². The van der Waals surface area contributed by atoms with Crippen LogP contribution in [0.15, 0.2) is 84.9 Å². The number of hydrogen-bond acceptors (Lipinski definition) is 2. The first-order valence-electron chi connectivity index (χ1n) is 12.8. The van der Waals surface area contributed by atoms with Gasteiger partial charge in [0.05, 0.1) is 0 Å². The van der Waals surface area contributed by atoms with Crippen molar-refractivity contribution >= 4 is 22.9 Å². The zero-order valence-corrected chi connectivity index (χ0v) is 21.3. The topological polar surface area (TPSA) is 40.5 Å². The van der Waals surface area contributed by atoms with E-state index in [1.54, 1.807) is 0 Å². The summed E-state index contributed by atoms with van der Waals surface area (Å²) in [7, 11) is 0. The second kappa shape index (κ2) is 8.03. The minimum Gasteiger partial charge on any atom is -0.380 e. The lowest BCUT2D eigenvalue weighted by Crippen LogP contribution is -2.36. The van der Waals surface area contributed by atoms with Gasteiger partial charge in [-0.05, 0) is 70.1 Å². The van der Waals surface area contributed by atoms with E-state index in [1.807, 2.05) is 12.1 Å². The molecule has 0 bridgehead atoms. The predicted octanol–water partition coefficient (Wildman–Crippen LogP) is 7.25. The van der Waals surface area contributed by atoms with E-state index in [-0.39, 0.29) is 11.8 Å². The van der Waals surface area contributed by atoms with Crippen LogP contribution in [0.2, 0.25) is 0 Å². The third kappa shape index (κ3) is 3.25. The number of aliphatic hydroxyl groups is 2. The van der Waals surface area contributed by atoms with E-state index >= 15 is 0 Å². The van der Waals surface area contributed by atoms with Crippen molar-refractivity contribution in [2.75, 3.05) is 0 Å². The highest BCUT2D eigenvalue weighted by atomic mass is 16.3. The van der Waals surface area contributed by atoms with Gasteiger partial charge in [-0.25, -0.2) is 0 Å². The quantitative estimate of drug-likeness (QED) is 0.322. The minimum absolute atomic E-state index is 0.0556. The molecule has 0 saturated heterocycles. The second-order valence-corrected chi connectivity index (χ2v) is 10.8. The molecule has 4 aromatic rings. The SMILES string of the molecule is Cc1ccc2c(c1)C=CC(C)C2(O)c1ccc2cc(C3(O)c4ccc(C)cc4C=CC3C)ccc2c1. The smallest absolute Gasteiger partial charge is 0.121 e. The molecule has 0 heterocycles. The molecule has 4 unspecified atom stereocenters. The lowest BCUT2D eigenvalue weighted by Gasteiger charge is -2.38. The Morgan fingerprint density at radius 3 is 1.39 bits per heavy atom. The van der Waals surface area contributed by atoms with Gasteiger partial charge in [0.25, 0.3) is 0 Å². The Balaban J connectivity index is 1.46. The van der Waals surface area contributed by atoms with E-state index in [4.69, 9.17) is 0 Å². The Kier molecular flexibility index (Phi) is 5.12. The highest BCUT2D eigenvalue weighted by molar-refractivity contribution is 5.85. The molecule has 4 atom stereocenters. The molecule has 0 amide bonds. The zero-order valence-electron chi connectivity index (χ0n) is 21.3. The van der Waals surface area contributed by atoms with Crippen molar-refractivity contribution < 1.29 is 10.2 Å². The summed E-state index contributed by atoms with van der Waals surface area (Å²) in [5.74, 6) is -0.111. The third-order valence-electron chi connectivity index (χ3n) is 8.40. The van der Waals surface area contributed by atoms with Crippen molar-refractivity contribution in [2.45, 2.75) is 38.9 Å². The first-order valence-corrected chi connectivity index (χ1v) is 12.8. The Labute approximate surface area is 213 Å². The van der Waals surface area contributed by atoms with Crippen LogP contribution in [0.25, 0.3) is 22.9 Å². The van der Waals surface area contributed by atoms with Crippen LogP contribution in [0.5, 0.6) is 0 Å². The largest absolute Gasteiger partial charge is 0.380 e. The van der Waals surface area contributed by atoms with E-state index in [0.717, 1.165) is 44.2 Å². The van der Waals surface area contributed by atoms with Gasteiger partial charge in [-0.15, -0.1) is 0 Å². The maximum absolute atomic E-state index is 12.1. The summed E-state index contributed by atoms with van der Waals surface area (Å²) < 4.78 is 0. The van der Waals surface area contributed by atoms with Crippen LogP contribution in [0.1, 0.15) is 58.4 Å². The van der Waals surface area contributed by atoms with E-state index in [1.165, 1.54) is 11.1 Å². The molecule has 2 aliphatic carbocycles. The lowest BCUT2D eigenvalue weighted by molar-refractivity contribution is 0.0416. The molecule has 0 saturated carbocycles. The molecule has 0 spiro atoms. The van der Waals surface area contributed by atoms with Gasteiger partial charge in [0.1, 0.15) is 11.2 Å². The molecule has 4 aromatic carbocycles. The monoisotopic (exact) mass is 472 g/mol. The van der Waals surface area contributed by atoms with Crippen LogP contribution in [0, 0.1) is 25.7 Å². The van der Waals surface area contributed by atoms with Gasteiger partial charge < -0.3 is 10.2 Å². The van der Waals surface area contributed by atoms with Gasteiger partial charge in [-0.1, -0.05) is 110 Å². The van der Waals surface area contributed by atoms with Crippen LogP contribution in [0.4, 0.5) is 0 Å². The molecule has 0 fully saturated rings. The molecule has 2 heteroatoms. The van der Waals surface area contributed by atoms with Gasteiger partial charge in [0, 0.05) is 11.8 Å². The summed E-state index contributed by atoms with van der Waals surface area (Å²) in [6.45, 7) is 8.29. The van der Waals surface area contributed by atoms with Crippen molar-refractivity contribution in [3.8, 4) is 0 Å². The Hall–Kier alpha value is -3.46. The maximum atomic E-state index is 12.1. The number of aryl methyl sites for hydroxylation is 2. The number of hydrogen-bond donors (Lipinski definition) is 2. The third-order valence-corrected chi connectivity index (χ3v) is 8.40. The maximum Gasteiger partial charge on any atom is 0.121 e. The van der Waals surface area contributed by atoms with E-state index in [2.05, 4.69) is 113 Å². The van der Waals surface area contributed by atoms with Gasteiger partial charge >= 0.3 is 0 Å². The van der Waals surface area contributed by atoms with E-state index in [0.29, 0.717) is 0 Å². The molecule has 0 aromatic heterocycles. The highest BCUT2D eigenvalue weighted by Crippen LogP contribution is 2.46. The highest BCUT2D eigenvalue weighted by Gasteiger charge is 2.41. The summed E-state index contributed by atoms with van der Waals surface area (Å²) in [5, 5.41) is 26.3. The van der Waals surface area contributed by atoms with Crippen LogP contribution in [-0.2, 0) is 11.2 Å². The van der Waals surface area contributed by atoms with Crippen molar-refractivity contribution in [1.82, 2.24) is 0 Å². The Morgan fingerprint density at radius 1 is 0.556 bits per heavy atom. The molecule has 2 aliphatic rings. The fourth-order valence-corrected chi connectivity index (χ4v) is 6.16. The summed E-state index contributed by atoms with van der Waals surface area (Å²) >= 11 is 0. The average Bonchev–Trinajstić information content (AvgIpc) is 2.87. The zero-order chi connectivity index (χ0) is 25.2. The fourth-order valence-electron chi connectivity index (χ4n) is 6.16.